The van der Waals surface area contributed by atoms with Crippen molar-refractivity contribution in [2.45, 2.75) is 19.6 Å². The van der Waals surface area contributed by atoms with E-state index in [1.807, 2.05) is 11.6 Å². The van der Waals surface area contributed by atoms with Gasteiger partial charge in [0, 0.05) is 20.0 Å². The minimum Gasteiger partial charge on any atom is -0.388 e. The topological polar surface area (TPSA) is 81.7 Å². The smallest absolute Gasteiger partial charge is 0.158 e. The lowest BCUT2D eigenvalue weighted by molar-refractivity contribution is 0.264. The number of aliphatic hydroxyl groups excluding tert-OH is 1. The van der Waals surface area contributed by atoms with E-state index >= 15 is 0 Å². The van der Waals surface area contributed by atoms with Crippen molar-refractivity contribution in [3.05, 3.63) is 24.3 Å². The van der Waals surface area contributed by atoms with Crippen molar-refractivity contribution in [2.75, 3.05) is 0 Å². The van der Waals surface area contributed by atoms with Crippen LogP contribution in [0.5, 0.6) is 0 Å². The fourth-order valence-corrected chi connectivity index (χ4v) is 1.34. The molecule has 0 aromatic carbocycles. The monoisotopic (exact) mass is 208 g/mol. The van der Waals surface area contributed by atoms with Gasteiger partial charge in [0.05, 0.1) is 0 Å². The summed E-state index contributed by atoms with van der Waals surface area (Å²) in [5.74, 6) is 1.46. The van der Waals surface area contributed by atoms with Gasteiger partial charge in [-0.25, -0.2) is 0 Å². The van der Waals surface area contributed by atoms with Crippen molar-refractivity contribution in [1.29, 1.82) is 0 Å². The molecule has 2 rings (SSSR count). The van der Waals surface area contributed by atoms with Crippen LogP contribution in [0.4, 0.5) is 0 Å². The van der Waals surface area contributed by atoms with Gasteiger partial charge in [-0.05, 0) is 0 Å². The normalized spacial score (nSPS) is 10.8. The first-order valence-electron chi connectivity index (χ1n) is 4.61. The van der Waals surface area contributed by atoms with E-state index in [1.54, 1.807) is 17.2 Å². The SMILES string of the molecule is Cn1cnnc1CCn1cnnc1CO. The van der Waals surface area contributed by atoms with Crippen LogP contribution in [-0.4, -0.2) is 34.6 Å². The second-order valence-corrected chi connectivity index (χ2v) is 3.21. The highest BCUT2D eigenvalue weighted by Crippen LogP contribution is 1.99. The molecule has 0 saturated carbocycles. The van der Waals surface area contributed by atoms with Gasteiger partial charge in [-0.1, -0.05) is 0 Å². The first kappa shape index (κ1) is 9.78. The molecule has 0 amide bonds. The summed E-state index contributed by atoms with van der Waals surface area (Å²) < 4.78 is 3.66. The average Bonchev–Trinajstić information content (AvgIpc) is 2.83. The van der Waals surface area contributed by atoms with Gasteiger partial charge in [0.1, 0.15) is 25.1 Å². The largest absolute Gasteiger partial charge is 0.388 e. The Morgan fingerprint density at radius 1 is 1.20 bits per heavy atom. The Labute approximate surface area is 86.4 Å². The number of hydrogen-bond donors (Lipinski definition) is 1. The Hall–Kier alpha value is -1.76. The van der Waals surface area contributed by atoms with Crippen molar-refractivity contribution in [1.82, 2.24) is 29.5 Å². The van der Waals surface area contributed by atoms with E-state index in [9.17, 15) is 0 Å². The molecule has 15 heavy (non-hydrogen) atoms. The average molecular weight is 208 g/mol. The molecule has 0 unspecified atom stereocenters. The highest BCUT2D eigenvalue weighted by atomic mass is 16.3. The van der Waals surface area contributed by atoms with Gasteiger partial charge in [-0.15, -0.1) is 20.4 Å². The summed E-state index contributed by atoms with van der Waals surface area (Å²) in [6, 6.07) is 0. The van der Waals surface area contributed by atoms with Gasteiger partial charge in [-0.3, -0.25) is 0 Å². The highest BCUT2D eigenvalue weighted by Gasteiger charge is 2.05. The number of nitrogens with zero attached hydrogens (tertiary/aromatic N) is 6. The summed E-state index contributed by atoms with van der Waals surface area (Å²) in [5.41, 5.74) is 0. The molecular weight excluding hydrogens is 196 g/mol. The van der Waals surface area contributed by atoms with Gasteiger partial charge in [0.15, 0.2) is 5.82 Å². The molecule has 2 heterocycles. The van der Waals surface area contributed by atoms with Crippen LogP contribution in [-0.2, 0) is 26.6 Å². The molecule has 80 valence electrons. The maximum Gasteiger partial charge on any atom is 0.158 e. The molecule has 0 aliphatic carbocycles. The molecule has 7 nitrogen and oxygen atoms in total. The minimum atomic E-state index is -0.0984. The lowest BCUT2D eigenvalue weighted by Crippen LogP contribution is -2.08. The summed E-state index contributed by atoms with van der Waals surface area (Å²) in [4.78, 5) is 0. The molecule has 0 atom stereocenters. The van der Waals surface area contributed by atoms with E-state index in [0.29, 0.717) is 12.4 Å². The van der Waals surface area contributed by atoms with E-state index in [0.717, 1.165) is 12.2 Å². The Balaban J connectivity index is 2.02. The van der Waals surface area contributed by atoms with E-state index in [1.165, 1.54) is 0 Å². The Bertz CT molecular complexity index is 434. The van der Waals surface area contributed by atoms with Crippen molar-refractivity contribution in [3.63, 3.8) is 0 Å². The third-order valence-electron chi connectivity index (χ3n) is 2.22. The van der Waals surface area contributed by atoms with Crippen LogP contribution >= 0.6 is 0 Å². The van der Waals surface area contributed by atoms with Crippen LogP contribution in [0, 0.1) is 0 Å². The zero-order valence-corrected chi connectivity index (χ0v) is 8.41. The number of aromatic nitrogens is 6. The fourth-order valence-electron chi connectivity index (χ4n) is 1.34. The van der Waals surface area contributed by atoms with E-state index in [2.05, 4.69) is 20.4 Å². The molecule has 7 heteroatoms. The van der Waals surface area contributed by atoms with E-state index < -0.39 is 0 Å². The number of aryl methyl sites for hydroxylation is 3. The minimum absolute atomic E-state index is 0.0984. The van der Waals surface area contributed by atoms with Crippen molar-refractivity contribution in [2.24, 2.45) is 7.05 Å². The van der Waals surface area contributed by atoms with Gasteiger partial charge in [0.2, 0.25) is 0 Å². The van der Waals surface area contributed by atoms with Gasteiger partial charge >= 0.3 is 0 Å². The van der Waals surface area contributed by atoms with E-state index in [-0.39, 0.29) is 6.61 Å². The van der Waals surface area contributed by atoms with Crippen LogP contribution in [0.25, 0.3) is 0 Å². The molecule has 2 aromatic rings. The second kappa shape index (κ2) is 4.18. The lowest BCUT2D eigenvalue weighted by Gasteiger charge is -2.03. The Kier molecular flexibility index (Phi) is 2.72. The molecular formula is C8H12N6O. The second-order valence-electron chi connectivity index (χ2n) is 3.21. The first-order valence-corrected chi connectivity index (χ1v) is 4.61. The van der Waals surface area contributed by atoms with Gasteiger partial charge in [-0.2, -0.15) is 0 Å². The number of aliphatic hydroxyl groups is 1. The standard InChI is InChI=1S/C8H12N6O/c1-13-5-9-11-7(13)2-3-14-6-10-12-8(14)4-15/h5-6,15H,2-4H2,1H3. The predicted molar refractivity (Wildman–Crippen MR) is 50.7 cm³/mol. The van der Waals surface area contributed by atoms with E-state index in [4.69, 9.17) is 5.11 Å². The Morgan fingerprint density at radius 2 is 1.93 bits per heavy atom. The quantitative estimate of drug-likeness (QED) is 0.707. The maximum atomic E-state index is 8.96. The molecule has 0 radical (unpaired) electrons. The molecule has 0 spiro atoms. The summed E-state index contributed by atoms with van der Waals surface area (Å²) in [5, 5.41) is 24.2. The summed E-state index contributed by atoms with van der Waals surface area (Å²) >= 11 is 0. The lowest BCUT2D eigenvalue weighted by atomic mass is 10.4. The molecule has 0 saturated heterocycles. The van der Waals surface area contributed by atoms with Crippen LogP contribution in [0.1, 0.15) is 11.6 Å². The van der Waals surface area contributed by atoms with Gasteiger partial charge in [0.25, 0.3) is 0 Å². The molecule has 0 bridgehead atoms. The van der Waals surface area contributed by atoms with Crippen molar-refractivity contribution in [3.8, 4) is 0 Å². The fraction of sp³-hybridized carbons (Fsp3) is 0.500. The molecule has 0 aliphatic rings. The van der Waals surface area contributed by atoms with Crippen LogP contribution < -0.4 is 0 Å². The highest BCUT2D eigenvalue weighted by molar-refractivity contribution is 4.88. The number of hydrogen-bond acceptors (Lipinski definition) is 5. The van der Waals surface area contributed by atoms with Crippen molar-refractivity contribution >= 4 is 0 Å². The van der Waals surface area contributed by atoms with Crippen LogP contribution in [0.3, 0.4) is 0 Å². The first-order chi connectivity index (χ1) is 7.31. The third kappa shape index (κ3) is 2.01. The van der Waals surface area contributed by atoms with Crippen LogP contribution in [0.15, 0.2) is 12.7 Å². The zero-order valence-electron chi connectivity index (χ0n) is 8.41. The summed E-state index contributed by atoms with van der Waals surface area (Å²) in [6.07, 6.45) is 4.00. The predicted octanol–water partition coefficient (Wildman–Crippen LogP) is -0.858. The molecule has 2 aromatic heterocycles. The van der Waals surface area contributed by atoms with Crippen LogP contribution in [0.2, 0.25) is 0 Å². The molecule has 1 N–H and O–H groups in total. The van der Waals surface area contributed by atoms with Gasteiger partial charge < -0.3 is 14.2 Å². The Morgan fingerprint density at radius 3 is 2.60 bits per heavy atom. The summed E-state index contributed by atoms with van der Waals surface area (Å²) in [6.45, 7) is 0.592. The maximum absolute atomic E-state index is 8.96. The number of rotatable bonds is 4. The van der Waals surface area contributed by atoms with Crippen molar-refractivity contribution < 1.29 is 5.11 Å². The molecule has 0 aliphatic heterocycles. The molecule has 0 fully saturated rings. The third-order valence-corrected chi connectivity index (χ3v) is 2.22. The summed E-state index contributed by atoms with van der Waals surface area (Å²) in [7, 11) is 1.90. The zero-order chi connectivity index (χ0) is 10.7.